The normalized spacial score (nSPS) is 27.1. The summed E-state index contributed by atoms with van der Waals surface area (Å²) in [6, 6.07) is 40.4. The molecule has 7 atom stereocenters. The number of rotatable bonds is 14. The summed E-state index contributed by atoms with van der Waals surface area (Å²) in [5.74, 6) is 0. The summed E-state index contributed by atoms with van der Waals surface area (Å²) in [6.45, 7) is 5.50. The Labute approximate surface area is 277 Å². The molecule has 0 saturated carbocycles. The summed E-state index contributed by atoms with van der Waals surface area (Å²) in [4.78, 5) is 1.03. The lowest BCUT2D eigenvalue weighted by atomic mass is 9.99. The molecular weight excluding hydrogens is 615 g/mol. The van der Waals surface area contributed by atoms with Gasteiger partial charge < -0.3 is 23.5 Å². The van der Waals surface area contributed by atoms with Crippen molar-refractivity contribution in [2.24, 2.45) is 0 Å². The summed E-state index contributed by atoms with van der Waals surface area (Å²) >= 11 is 1.57. The predicted octanol–water partition coefficient (Wildman–Crippen LogP) is 8.74. The van der Waals surface area contributed by atoms with E-state index >= 15 is 0 Å². The van der Waals surface area contributed by atoms with E-state index < -0.39 is 37.2 Å². The lowest BCUT2D eigenvalue weighted by Crippen LogP contribution is -2.60. The molecule has 0 amide bonds. The highest BCUT2D eigenvalue weighted by atomic mass is 32.2. The first kappa shape index (κ1) is 33.2. The molecular formula is C38H43O6PS. The fourth-order valence-electron chi connectivity index (χ4n) is 6.13. The van der Waals surface area contributed by atoms with Crippen molar-refractivity contribution in [2.45, 2.75) is 86.2 Å². The van der Waals surface area contributed by atoms with E-state index in [4.69, 9.17) is 23.5 Å². The van der Waals surface area contributed by atoms with Crippen LogP contribution in [0.2, 0.25) is 0 Å². The van der Waals surface area contributed by atoms with E-state index in [2.05, 4.69) is 12.1 Å². The largest absolute Gasteiger partial charge is 0.374 e. The first-order chi connectivity index (χ1) is 22.5. The summed E-state index contributed by atoms with van der Waals surface area (Å²) in [5, 5.41) is 0. The molecule has 242 valence electrons. The Kier molecular flexibility index (Phi) is 11.5. The third kappa shape index (κ3) is 8.21. The highest BCUT2D eigenvalue weighted by Crippen LogP contribution is 2.69. The molecule has 2 aliphatic heterocycles. The zero-order valence-corrected chi connectivity index (χ0v) is 28.1. The second-order valence-corrected chi connectivity index (χ2v) is 16.6. The van der Waals surface area contributed by atoms with Crippen molar-refractivity contribution >= 4 is 19.1 Å². The van der Waals surface area contributed by atoms with Crippen molar-refractivity contribution in [3.05, 3.63) is 138 Å². The van der Waals surface area contributed by atoms with Crippen LogP contribution in [0.1, 0.15) is 37.0 Å². The zero-order valence-electron chi connectivity index (χ0n) is 26.4. The Morgan fingerprint density at radius 2 is 1.13 bits per heavy atom. The molecule has 4 aromatic rings. The lowest BCUT2D eigenvalue weighted by Gasteiger charge is -2.50. The van der Waals surface area contributed by atoms with Crippen LogP contribution in [0.5, 0.6) is 0 Å². The molecule has 0 radical (unpaired) electrons. The molecule has 0 unspecified atom stereocenters. The zero-order chi connectivity index (χ0) is 31.8. The molecule has 4 aromatic carbocycles. The van der Waals surface area contributed by atoms with Crippen LogP contribution >= 0.6 is 19.1 Å². The van der Waals surface area contributed by atoms with Crippen LogP contribution in [-0.4, -0.2) is 47.8 Å². The number of hydrogen-bond acceptors (Lipinski definition) is 7. The van der Waals surface area contributed by atoms with E-state index in [1.54, 1.807) is 11.8 Å². The fraction of sp³-hybridized carbons (Fsp3) is 0.368. The molecule has 0 bridgehead atoms. The number of hydrogen-bond donors (Lipinski definition) is 0. The van der Waals surface area contributed by atoms with Crippen LogP contribution in [0.25, 0.3) is 0 Å². The molecule has 0 N–H and O–H groups in total. The van der Waals surface area contributed by atoms with Gasteiger partial charge in [-0.25, -0.2) is 0 Å². The first-order valence-corrected chi connectivity index (χ1v) is 18.7. The number of ether oxygens (including phenoxy) is 4. The van der Waals surface area contributed by atoms with Crippen LogP contribution in [0.3, 0.4) is 0 Å². The van der Waals surface area contributed by atoms with Crippen LogP contribution < -0.4 is 0 Å². The Morgan fingerprint density at radius 1 is 0.652 bits per heavy atom. The van der Waals surface area contributed by atoms with E-state index in [9.17, 15) is 4.57 Å². The minimum Gasteiger partial charge on any atom is -0.374 e. The predicted molar refractivity (Wildman–Crippen MR) is 183 cm³/mol. The molecule has 6 nitrogen and oxygen atoms in total. The van der Waals surface area contributed by atoms with E-state index in [0.29, 0.717) is 26.4 Å². The number of thioether (sulfide) groups is 1. The van der Waals surface area contributed by atoms with Gasteiger partial charge in [0.25, 0.3) is 0 Å². The molecule has 2 aliphatic rings. The smallest absolute Gasteiger partial charge is 0.209 e. The van der Waals surface area contributed by atoms with E-state index in [-0.39, 0.29) is 11.3 Å². The molecule has 46 heavy (non-hydrogen) atoms. The molecule has 2 fully saturated rings. The molecule has 2 saturated heterocycles. The fourth-order valence-corrected chi connectivity index (χ4v) is 10.1. The monoisotopic (exact) mass is 658 g/mol. The van der Waals surface area contributed by atoms with Crippen LogP contribution in [0, 0.1) is 0 Å². The lowest BCUT2D eigenvalue weighted by molar-refractivity contribution is -0.238. The van der Waals surface area contributed by atoms with Gasteiger partial charge in [0.1, 0.15) is 29.9 Å². The minimum atomic E-state index is -2.96. The number of benzene rings is 4. The Morgan fingerprint density at radius 3 is 1.65 bits per heavy atom. The molecule has 6 rings (SSSR count). The Hall–Kier alpha value is -2.74. The van der Waals surface area contributed by atoms with Crippen LogP contribution in [0.4, 0.5) is 0 Å². The summed E-state index contributed by atoms with van der Waals surface area (Å²) in [6.07, 6.45) is -1.35. The molecule has 8 heteroatoms. The van der Waals surface area contributed by atoms with E-state index in [1.807, 2.05) is 123 Å². The van der Waals surface area contributed by atoms with Crippen molar-refractivity contribution in [1.82, 2.24) is 0 Å². The SMILES string of the molecule is C[C@@H]1C[C@@H](C)P1(=O)O[C@@H]1[C@@H](OCc2ccccc2)[C@H](OCc2ccccc2)[C@@H](COCc2ccccc2)O[C@H]1Sc1ccccc1. The Balaban J connectivity index is 1.34. The molecule has 2 heterocycles. The standard InChI is InChI=1S/C38H43O6PS/c1-28-23-29(2)45(28,39)44-37-36(42-26-32-19-11-5-12-20-32)35(41-25-31-17-9-4-10-18-31)34(27-40-24-30-15-7-3-8-16-30)43-38(37)46-33-21-13-6-14-22-33/h3-22,28-29,34-38H,23-27H2,1-2H3/t28-,29-,34-,35-,36+,37-,38+/m1/s1. The highest BCUT2D eigenvalue weighted by Gasteiger charge is 2.55. The maximum absolute atomic E-state index is 14.3. The van der Waals surface area contributed by atoms with Crippen molar-refractivity contribution in [3.63, 3.8) is 0 Å². The van der Waals surface area contributed by atoms with E-state index in [1.165, 1.54) is 0 Å². The van der Waals surface area contributed by atoms with Gasteiger partial charge in [0, 0.05) is 16.2 Å². The topological polar surface area (TPSA) is 63.2 Å². The summed E-state index contributed by atoms with van der Waals surface area (Å²) in [7, 11) is -2.96. The highest BCUT2D eigenvalue weighted by molar-refractivity contribution is 7.99. The van der Waals surface area contributed by atoms with Crippen LogP contribution in [-0.2, 0) is 47.9 Å². The van der Waals surface area contributed by atoms with Gasteiger partial charge in [0.15, 0.2) is 0 Å². The molecule has 0 aromatic heterocycles. The van der Waals surface area contributed by atoms with Gasteiger partial charge in [-0.1, -0.05) is 135 Å². The third-order valence-electron chi connectivity index (χ3n) is 8.75. The van der Waals surface area contributed by atoms with Crippen molar-refractivity contribution < 1.29 is 28.0 Å². The van der Waals surface area contributed by atoms with Gasteiger partial charge in [-0.2, -0.15) is 0 Å². The summed E-state index contributed by atoms with van der Waals surface area (Å²) < 4.78 is 47.8. The van der Waals surface area contributed by atoms with Crippen molar-refractivity contribution in [3.8, 4) is 0 Å². The molecule has 0 spiro atoms. The van der Waals surface area contributed by atoms with Gasteiger partial charge in [-0.3, -0.25) is 4.57 Å². The van der Waals surface area contributed by atoms with Crippen LogP contribution in [0.15, 0.2) is 126 Å². The van der Waals surface area contributed by atoms with Gasteiger partial charge in [0.2, 0.25) is 7.37 Å². The van der Waals surface area contributed by atoms with Gasteiger partial charge in [0.05, 0.1) is 26.4 Å². The maximum atomic E-state index is 14.3. The second kappa shape index (κ2) is 15.9. The third-order valence-corrected chi connectivity index (χ3v) is 13.4. The van der Waals surface area contributed by atoms with Crippen molar-refractivity contribution in [2.75, 3.05) is 6.61 Å². The van der Waals surface area contributed by atoms with Gasteiger partial charge in [-0.15, -0.1) is 0 Å². The quantitative estimate of drug-likeness (QED) is 0.126. The van der Waals surface area contributed by atoms with Crippen molar-refractivity contribution in [1.29, 1.82) is 0 Å². The van der Waals surface area contributed by atoms with Gasteiger partial charge >= 0.3 is 0 Å². The molecule has 0 aliphatic carbocycles. The Bertz CT molecular complexity index is 1510. The average Bonchev–Trinajstić information content (AvgIpc) is 3.10. The first-order valence-electron chi connectivity index (χ1n) is 16.1. The van der Waals surface area contributed by atoms with E-state index in [0.717, 1.165) is 28.0 Å². The van der Waals surface area contributed by atoms with Gasteiger partial charge in [-0.05, 0) is 35.2 Å². The average molecular weight is 659 g/mol. The minimum absolute atomic E-state index is 0.0183. The summed E-state index contributed by atoms with van der Waals surface area (Å²) in [5.41, 5.74) is 2.62. The second-order valence-electron chi connectivity index (χ2n) is 12.1. The maximum Gasteiger partial charge on any atom is 0.209 e.